The van der Waals surface area contributed by atoms with Gasteiger partial charge in [0.05, 0.1) is 6.54 Å². The van der Waals surface area contributed by atoms with Gasteiger partial charge in [0.2, 0.25) is 0 Å². The third kappa shape index (κ3) is 2.47. The molecule has 1 saturated heterocycles. The average Bonchev–Trinajstić information content (AvgIpc) is 2.87. The first kappa shape index (κ1) is 11.7. The van der Waals surface area contributed by atoms with E-state index < -0.39 is 0 Å². The van der Waals surface area contributed by atoms with Crippen molar-refractivity contribution in [3.05, 3.63) is 23.7 Å². The van der Waals surface area contributed by atoms with Gasteiger partial charge in [0.1, 0.15) is 18.1 Å². The van der Waals surface area contributed by atoms with Crippen LogP contribution in [0.4, 0.5) is 0 Å². The minimum absolute atomic E-state index is 0.00634. The summed E-state index contributed by atoms with van der Waals surface area (Å²) in [5.41, 5.74) is 0. The predicted octanol–water partition coefficient (Wildman–Crippen LogP) is 2.39. The largest absolute Gasteiger partial charge is 0.462 e. The average molecular weight is 223 g/mol. The van der Waals surface area contributed by atoms with Crippen LogP contribution in [0, 0.1) is 5.92 Å². The van der Waals surface area contributed by atoms with E-state index in [-0.39, 0.29) is 6.61 Å². The van der Waals surface area contributed by atoms with Crippen LogP contribution in [0.15, 0.2) is 16.5 Å². The third-order valence-corrected chi connectivity index (χ3v) is 3.42. The lowest BCUT2D eigenvalue weighted by Crippen LogP contribution is -2.32. The molecule has 1 aliphatic rings. The van der Waals surface area contributed by atoms with Gasteiger partial charge in [-0.05, 0) is 37.4 Å². The van der Waals surface area contributed by atoms with Gasteiger partial charge in [-0.2, -0.15) is 0 Å². The summed E-state index contributed by atoms with van der Waals surface area (Å²) in [4.78, 5) is 2.49. The van der Waals surface area contributed by atoms with E-state index >= 15 is 0 Å². The van der Waals surface area contributed by atoms with Crippen LogP contribution in [0.25, 0.3) is 0 Å². The van der Waals surface area contributed by atoms with Crippen LogP contribution >= 0.6 is 0 Å². The van der Waals surface area contributed by atoms with Crippen molar-refractivity contribution < 1.29 is 9.52 Å². The van der Waals surface area contributed by atoms with Crippen LogP contribution in [0.5, 0.6) is 0 Å². The number of nitrogens with zero attached hydrogens (tertiary/aromatic N) is 1. The maximum absolute atomic E-state index is 8.94. The van der Waals surface area contributed by atoms with Crippen LogP contribution in [-0.4, -0.2) is 22.6 Å². The maximum Gasteiger partial charge on any atom is 0.129 e. The molecule has 1 aromatic rings. The molecule has 0 saturated carbocycles. The van der Waals surface area contributed by atoms with Crippen molar-refractivity contribution in [1.29, 1.82) is 0 Å². The van der Waals surface area contributed by atoms with Gasteiger partial charge in [-0.1, -0.05) is 13.8 Å². The lowest BCUT2D eigenvalue weighted by atomic mass is 10.0. The zero-order valence-electron chi connectivity index (χ0n) is 10.1. The highest BCUT2D eigenvalue weighted by atomic mass is 16.4. The molecule has 90 valence electrons. The van der Waals surface area contributed by atoms with Gasteiger partial charge < -0.3 is 9.52 Å². The minimum atomic E-state index is -0.00634. The summed E-state index contributed by atoms with van der Waals surface area (Å²) in [6.07, 6.45) is 2.58. The van der Waals surface area contributed by atoms with Gasteiger partial charge >= 0.3 is 0 Å². The predicted molar refractivity (Wildman–Crippen MR) is 62.9 cm³/mol. The van der Waals surface area contributed by atoms with Crippen molar-refractivity contribution in [1.82, 2.24) is 4.90 Å². The molecule has 0 amide bonds. The van der Waals surface area contributed by atoms with E-state index in [1.54, 1.807) is 0 Å². The Kier molecular flexibility index (Phi) is 3.66. The third-order valence-electron chi connectivity index (χ3n) is 3.42. The molecule has 1 aliphatic heterocycles. The quantitative estimate of drug-likeness (QED) is 0.851. The van der Waals surface area contributed by atoms with Crippen molar-refractivity contribution in [2.75, 3.05) is 6.54 Å². The molecule has 2 heterocycles. The first-order valence-corrected chi connectivity index (χ1v) is 6.13. The van der Waals surface area contributed by atoms with Crippen molar-refractivity contribution >= 4 is 0 Å². The minimum Gasteiger partial charge on any atom is -0.462 e. The molecule has 16 heavy (non-hydrogen) atoms. The standard InChI is InChI=1S/C13H21NO2/c1-10(2)13-4-3-7-14(13)8-11-5-6-12(9-15)16-11/h5-6,10,13,15H,3-4,7-9H2,1-2H3. The van der Waals surface area contributed by atoms with Gasteiger partial charge in [-0.25, -0.2) is 0 Å². The smallest absolute Gasteiger partial charge is 0.129 e. The molecular formula is C13H21NO2. The molecule has 1 N–H and O–H groups in total. The fourth-order valence-electron chi connectivity index (χ4n) is 2.60. The van der Waals surface area contributed by atoms with Gasteiger partial charge in [0.25, 0.3) is 0 Å². The fourth-order valence-corrected chi connectivity index (χ4v) is 2.60. The highest BCUT2D eigenvalue weighted by Crippen LogP contribution is 2.25. The molecule has 1 aromatic heterocycles. The van der Waals surface area contributed by atoms with E-state index in [1.165, 1.54) is 12.8 Å². The summed E-state index contributed by atoms with van der Waals surface area (Å²) in [7, 11) is 0. The van der Waals surface area contributed by atoms with Gasteiger partial charge in [-0.15, -0.1) is 0 Å². The lowest BCUT2D eigenvalue weighted by molar-refractivity contribution is 0.178. The Morgan fingerprint density at radius 2 is 2.19 bits per heavy atom. The van der Waals surface area contributed by atoms with Crippen LogP contribution < -0.4 is 0 Å². The normalized spacial score (nSPS) is 22.1. The number of hydrogen-bond acceptors (Lipinski definition) is 3. The van der Waals surface area contributed by atoms with Crippen LogP contribution in [-0.2, 0) is 13.2 Å². The van der Waals surface area contributed by atoms with Gasteiger partial charge in [0.15, 0.2) is 0 Å². The fraction of sp³-hybridized carbons (Fsp3) is 0.692. The summed E-state index contributed by atoms with van der Waals surface area (Å²) < 4.78 is 5.53. The molecule has 0 aliphatic carbocycles. The Morgan fingerprint density at radius 3 is 2.81 bits per heavy atom. The van der Waals surface area contributed by atoms with E-state index in [0.717, 1.165) is 18.8 Å². The highest BCUT2D eigenvalue weighted by molar-refractivity contribution is 5.06. The Bertz CT molecular complexity index is 332. The van der Waals surface area contributed by atoms with Crippen LogP contribution in [0.2, 0.25) is 0 Å². The molecule has 2 rings (SSSR count). The van der Waals surface area contributed by atoms with Crippen LogP contribution in [0.3, 0.4) is 0 Å². The number of likely N-dealkylation sites (tertiary alicyclic amines) is 1. The first-order chi connectivity index (χ1) is 7.70. The van der Waals surface area contributed by atoms with Crippen molar-refractivity contribution in [3.8, 4) is 0 Å². The summed E-state index contributed by atoms with van der Waals surface area (Å²) in [5, 5.41) is 8.94. The second-order valence-corrected chi connectivity index (χ2v) is 4.95. The molecule has 0 spiro atoms. The number of furan rings is 1. The summed E-state index contributed by atoms with van der Waals surface area (Å²) in [6.45, 7) is 6.60. The Balaban J connectivity index is 1.98. The summed E-state index contributed by atoms with van der Waals surface area (Å²) in [6, 6.07) is 4.51. The lowest BCUT2D eigenvalue weighted by Gasteiger charge is -2.26. The molecule has 3 heteroatoms. The van der Waals surface area contributed by atoms with Gasteiger partial charge in [-0.3, -0.25) is 4.90 Å². The topological polar surface area (TPSA) is 36.6 Å². The number of hydrogen-bond donors (Lipinski definition) is 1. The molecule has 0 radical (unpaired) electrons. The van der Waals surface area contributed by atoms with E-state index in [9.17, 15) is 0 Å². The van der Waals surface area contributed by atoms with Crippen molar-refractivity contribution in [2.45, 2.75) is 45.9 Å². The molecular weight excluding hydrogens is 202 g/mol. The van der Waals surface area contributed by atoms with Crippen molar-refractivity contribution in [3.63, 3.8) is 0 Å². The van der Waals surface area contributed by atoms with Gasteiger partial charge in [0, 0.05) is 6.04 Å². The Morgan fingerprint density at radius 1 is 1.44 bits per heavy atom. The zero-order chi connectivity index (χ0) is 11.5. The van der Waals surface area contributed by atoms with E-state index in [0.29, 0.717) is 17.7 Å². The van der Waals surface area contributed by atoms with E-state index in [1.807, 2.05) is 12.1 Å². The zero-order valence-corrected chi connectivity index (χ0v) is 10.1. The molecule has 1 fully saturated rings. The Hall–Kier alpha value is -0.800. The monoisotopic (exact) mass is 223 g/mol. The maximum atomic E-state index is 8.94. The summed E-state index contributed by atoms with van der Waals surface area (Å²) in [5.74, 6) is 2.33. The second-order valence-electron chi connectivity index (χ2n) is 4.95. The number of aliphatic hydroxyl groups is 1. The molecule has 0 aromatic carbocycles. The Labute approximate surface area is 97.1 Å². The van der Waals surface area contributed by atoms with Crippen molar-refractivity contribution in [2.24, 2.45) is 5.92 Å². The summed E-state index contributed by atoms with van der Waals surface area (Å²) >= 11 is 0. The second kappa shape index (κ2) is 5.02. The highest BCUT2D eigenvalue weighted by Gasteiger charge is 2.27. The van der Waals surface area contributed by atoms with Crippen LogP contribution in [0.1, 0.15) is 38.2 Å². The first-order valence-electron chi connectivity index (χ1n) is 6.13. The molecule has 3 nitrogen and oxygen atoms in total. The molecule has 0 bridgehead atoms. The molecule has 1 atom stereocenters. The number of rotatable bonds is 4. The van der Waals surface area contributed by atoms with E-state index in [2.05, 4.69) is 18.7 Å². The molecule has 1 unspecified atom stereocenters. The SMILES string of the molecule is CC(C)C1CCCN1Cc1ccc(CO)o1. The van der Waals surface area contributed by atoms with E-state index in [4.69, 9.17) is 9.52 Å². The number of aliphatic hydroxyl groups excluding tert-OH is 1.